The molecule has 2 rings (SSSR count). The number of nitrogens with two attached hydrogens (primary N) is 1. The van der Waals surface area contributed by atoms with Crippen LogP contribution in [0.25, 0.3) is 0 Å². The Labute approximate surface area is 105 Å². The predicted molar refractivity (Wildman–Crippen MR) is 66.8 cm³/mol. The number of nitrogens with zero attached hydrogens (tertiary/aromatic N) is 4. The van der Waals surface area contributed by atoms with E-state index in [2.05, 4.69) is 10.2 Å². The van der Waals surface area contributed by atoms with Gasteiger partial charge in [-0.05, 0) is 19.4 Å². The van der Waals surface area contributed by atoms with Crippen molar-refractivity contribution in [3.05, 3.63) is 34.4 Å². The first-order valence-electron chi connectivity index (χ1n) is 5.42. The van der Waals surface area contributed by atoms with Gasteiger partial charge in [-0.1, -0.05) is 11.6 Å². The smallest absolute Gasteiger partial charge is 0.130 e. The van der Waals surface area contributed by atoms with Crippen LogP contribution in [0.15, 0.2) is 12.3 Å². The zero-order chi connectivity index (χ0) is 12.6. The van der Waals surface area contributed by atoms with Crippen molar-refractivity contribution in [1.82, 2.24) is 19.6 Å². The van der Waals surface area contributed by atoms with Gasteiger partial charge < -0.3 is 5.73 Å². The van der Waals surface area contributed by atoms with Gasteiger partial charge in [0.25, 0.3) is 0 Å². The summed E-state index contributed by atoms with van der Waals surface area (Å²) in [6.45, 7) is 1.94. The Bertz CT molecular complexity index is 528. The van der Waals surface area contributed by atoms with Crippen LogP contribution < -0.4 is 5.73 Å². The monoisotopic (exact) mass is 253 g/mol. The van der Waals surface area contributed by atoms with Crippen LogP contribution in [0.4, 0.5) is 0 Å². The lowest BCUT2D eigenvalue weighted by molar-refractivity contribution is 0.616. The average Bonchev–Trinajstić information content (AvgIpc) is 2.78. The highest BCUT2D eigenvalue weighted by atomic mass is 35.5. The molecule has 1 unspecified atom stereocenters. The zero-order valence-electron chi connectivity index (χ0n) is 10.2. The third kappa shape index (κ3) is 2.21. The number of aryl methyl sites for hydroxylation is 3. The number of aromatic nitrogens is 4. The van der Waals surface area contributed by atoms with Crippen LogP contribution in [0.2, 0.25) is 5.15 Å². The molecule has 0 saturated carbocycles. The van der Waals surface area contributed by atoms with Gasteiger partial charge in [-0.15, -0.1) is 0 Å². The zero-order valence-corrected chi connectivity index (χ0v) is 10.9. The molecule has 5 nitrogen and oxygen atoms in total. The summed E-state index contributed by atoms with van der Waals surface area (Å²) in [6, 6.07) is 1.80. The summed E-state index contributed by atoms with van der Waals surface area (Å²) >= 11 is 6.18. The fraction of sp³-hybridized carbons (Fsp3) is 0.455. The Morgan fingerprint density at radius 2 is 2.12 bits per heavy atom. The molecule has 6 heteroatoms. The van der Waals surface area contributed by atoms with Crippen LogP contribution in [0.3, 0.4) is 0 Å². The van der Waals surface area contributed by atoms with E-state index in [1.807, 2.05) is 27.1 Å². The van der Waals surface area contributed by atoms with Crippen molar-refractivity contribution in [3.8, 4) is 0 Å². The summed E-state index contributed by atoms with van der Waals surface area (Å²) in [7, 11) is 3.71. The molecule has 0 bridgehead atoms. The van der Waals surface area contributed by atoms with Gasteiger partial charge in [-0.2, -0.15) is 10.2 Å². The minimum atomic E-state index is -0.122. The fourth-order valence-corrected chi connectivity index (χ4v) is 2.23. The third-order valence-corrected chi connectivity index (χ3v) is 3.41. The molecule has 92 valence electrons. The third-order valence-electron chi connectivity index (χ3n) is 2.93. The Morgan fingerprint density at radius 1 is 1.41 bits per heavy atom. The Balaban J connectivity index is 2.24. The topological polar surface area (TPSA) is 61.7 Å². The maximum atomic E-state index is 6.18. The first-order chi connectivity index (χ1) is 8.00. The van der Waals surface area contributed by atoms with Crippen LogP contribution in [0.5, 0.6) is 0 Å². The van der Waals surface area contributed by atoms with Gasteiger partial charge in [0.05, 0.1) is 17.4 Å². The van der Waals surface area contributed by atoms with E-state index in [4.69, 9.17) is 17.3 Å². The van der Waals surface area contributed by atoms with Crippen LogP contribution in [-0.4, -0.2) is 19.6 Å². The molecule has 0 aromatic carbocycles. The number of hydrogen-bond acceptors (Lipinski definition) is 3. The normalized spacial score (nSPS) is 13.0. The molecule has 0 spiro atoms. The average molecular weight is 254 g/mol. The van der Waals surface area contributed by atoms with Crippen molar-refractivity contribution in [2.75, 3.05) is 0 Å². The summed E-state index contributed by atoms with van der Waals surface area (Å²) in [6.07, 6.45) is 2.41. The minimum absolute atomic E-state index is 0.122. The van der Waals surface area contributed by atoms with E-state index >= 15 is 0 Å². The SMILES string of the molecule is Cc1nn(C)c(Cl)c1CC(N)c1ccnn1C. The van der Waals surface area contributed by atoms with Crippen molar-refractivity contribution in [1.29, 1.82) is 0 Å². The van der Waals surface area contributed by atoms with E-state index in [-0.39, 0.29) is 6.04 Å². The second-order valence-electron chi connectivity index (χ2n) is 4.17. The highest BCUT2D eigenvalue weighted by molar-refractivity contribution is 6.30. The summed E-state index contributed by atoms with van der Waals surface area (Å²) < 4.78 is 3.45. The molecule has 2 heterocycles. The van der Waals surface area contributed by atoms with Crippen LogP contribution in [0.1, 0.15) is 23.0 Å². The van der Waals surface area contributed by atoms with E-state index in [9.17, 15) is 0 Å². The van der Waals surface area contributed by atoms with E-state index in [1.165, 1.54) is 0 Å². The lowest BCUT2D eigenvalue weighted by Gasteiger charge is -2.11. The summed E-state index contributed by atoms with van der Waals surface area (Å²) in [5.74, 6) is 0. The molecule has 0 aliphatic heterocycles. The molecule has 2 N–H and O–H groups in total. The van der Waals surface area contributed by atoms with Crippen molar-refractivity contribution in [2.45, 2.75) is 19.4 Å². The summed E-state index contributed by atoms with van der Waals surface area (Å²) in [5.41, 5.74) is 9.08. The summed E-state index contributed by atoms with van der Waals surface area (Å²) in [4.78, 5) is 0. The first kappa shape index (κ1) is 12.1. The van der Waals surface area contributed by atoms with E-state index < -0.39 is 0 Å². The van der Waals surface area contributed by atoms with E-state index in [0.29, 0.717) is 11.6 Å². The van der Waals surface area contributed by atoms with E-state index in [1.54, 1.807) is 15.6 Å². The largest absolute Gasteiger partial charge is 0.322 e. The Kier molecular flexibility index (Phi) is 3.22. The molecule has 0 radical (unpaired) electrons. The van der Waals surface area contributed by atoms with Crippen molar-refractivity contribution >= 4 is 11.6 Å². The van der Waals surface area contributed by atoms with Crippen LogP contribution >= 0.6 is 11.6 Å². The Hall–Kier alpha value is -1.33. The second kappa shape index (κ2) is 4.50. The van der Waals surface area contributed by atoms with Crippen LogP contribution in [-0.2, 0) is 20.5 Å². The number of hydrogen-bond donors (Lipinski definition) is 1. The second-order valence-corrected chi connectivity index (χ2v) is 4.53. The quantitative estimate of drug-likeness (QED) is 0.899. The molecule has 1 atom stereocenters. The Morgan fingerprint density at radius 3 is 2.59 bits per heavy atom. The molecule has 0 saturated heterocycles. The van der Waals surface area contributed by atoms with Gasteiger partial charge in [0, 0.05) is 25.9 Å². The first-order valence-corrected chi connectivity index (χ1v) is 5.80. The van der Waals surface area contributed by atoms with Crippen LogP contribution in [0, 0.1) is 6.92 Å². The maximum Gasteiger partial charge on any atom is 0.130 e. The molecular formula is C11H16ClN5. The maximum absolute atomic E-state index is 6.18. The molecular weight excluding hydrogens is 238 g/mol. The van der Waals surface area contributed by atoms with Crippen molar-refractivity contribution in [2.24, 2.45) is 19.8 Å². The van der Waals surface area contributed by atoms with Gasteiger partial charge in [0.15, 0.2) is 0 Å². The van der Waals surface area contributed by atoms with Gasteiger partial charge in [0.2, 0.25) is 0 Å². The van der Waals surface area contributed by atoms with Gasteiger partial charge in [0.1, 0.15) is 5.15 Å². The number of halogens is 1. The molecule has 0 amide bonds. The molecule has 0 fully saturated rings. The molecule has 2 aromatic rings. The fourth-order valence-electron chi connectivity index (χ4n) is 1.98. The lowest BCUT2D eigenvalue weighted by atomic mass is 10.1. The lowest BCUT2D eigenvalue weighted by Crippen LogP contribution is -2.17. The highest BCUT2D eigenvalue weighted by Crippen LogP contribution is 2.24. The molecule has 2 aromatic heterocycles. The molecule has 0 aliphatic carbocycles. The van der Waals surface area contributed by atoms with Gasteiger partial charge in [-0.3, -0.25) is 9.36 Å². The van der Waals surface area contributed by atoms with Crippen molar-refractivity contribution in [3.63, 3.8) is 0 Å². The molecule has 17 heavy (non-hydrogen) atoms. The van der Waals surface area contributed by atoms with E-state index in [0.717, 1.165) is 17.0 Å². The van der Waals surface area contributed by atoms with Gasteiger partial charge >= 0.3 is 0 Å². The highest BCUT2D eigenvalue weighted by Gasteiger charge is 2.17. The summed E-state index contributed by atoms with van der Waals surface area (Å²) in [5, 5.41) is 9.04. The van der Waals surface area contributed by atoms with Crippen molar-refractivity contribution < 1.29 is 0 Å². The predicted octanol–water partition coefficient (Wildman–Crippen LogP) is 1.36. The molecule has 0 aliphatic rings. The number of rotatable bonds is 3. The minimum Gasteiger partial charge on any atom is -0.322 e. The standard InChI is InChI=1S/C11H16ClN5/c1-7-8(11(12)17(3)15-7)6-9(13)10-4-5-14-16(10)2/h4-5,9H,6,13H2,1-3H3. The van der Waals surface area contributed by atoms with Gasteiger partial charge in [-0.25, -0.2) is 0 Å².